The van der Waals surface area contributed by atoms with Crippen LogP contribution in [0.15, 0.2) is 24.3 Å². The van der Waals surface area contributed by atoms with E-state index in [0.29, 0.717) is 10.8 Å². The molecular weight excluding hydrogens is 257 g/mol. The van der Waals surface area contributed by atoms with Gasteiger partial charge in [-0.3, -0.25) is 0 Å². The lowest BCUT2D eigenvalue weighted by Gasteiger charge is -2.08. The van der Waals surface area contributed by atoms with E-state index in [1.807, 2.05) is 38.1 Å². The number of aromatic nitrogens is 2. The third-order valence-electron chi connectivity index (χ3n) is 2.21. The van der Waals surface area contributed by atoms with E-state index in [1.165, 1.54) is 0 Å². The minimum absolute atomic E-state index is 0.218. The highest BCUT2D eigenvalue weighted by Gasteiger charge is 2.04. The Morgan fingerprint density at radius 1 is 1.06 bits per heavy atom. The van der Waals surface area contributed by atoms with Crippen LogP contribution < -0.4 is 5.32 Å². The normalized spacial score (nSPS) is 10.4. The van der Waals surface area contributed by atoms with Crippen LogP contribution in [0.1, 0.15) is 11.3 Å². The molecule has 1 N–H and O–H groups in total. The Balaban J connectivity index is 2.31. The van der Waals surface area contributed by atoms with Gasteiger partial charge in [-0.2, -0.15) is 0 Å². The van der Waals surface area contributed by atoms with Gasteiger partial charge in [0.1, 0.15) is 5.82 Å². The van der Waals surface area contributed by atoms with Crippen LogP contribution in [0.2, 0.25) is 10.3 Å². The van der Waals surface area contributed by atoms with Crippen molar-refractivity contribution in [1.82, 2.24) is 9.97 Å². The largest absolute Gasteiger partial charge is 0.339 e. The summed E-state index contributed by atoms with van der Waals surface area (Å²) in [7, 11) is 0. The van der Waals surface area contributed by atoms with E-state index < -0.39 is 0 Å². The van der Waals surface area contributed by atoms with Crippen LogP contribution >= 0.6 is 23.2 Å². The molecule has 0 aliphatic heterocycles. The Hall–Kier alpha value is -1.32. The highest BCUT2D eigenvalue weighted by molar-refractivity contribution is 6.33. The summed E-state index contributed by atoms with van der Waals surface area (Å²) in [6, 6.07) is 7.58. The van der Waals surface area contributed by atoms with Gasteiger partial charge in [0, 0.05) is 11.8 Å². The van der Waals surface area contributed by atoms with Crippen LogP contribution in [0, 0.1) is 13.8 Å². The maximum Gasteiger partial charge on any atom is 0.224 e. The summed E-state index contributed by atoms with van der Waals surface area (Å²) < 4.78 is 0. The summed E-state index contributed by atoms with van der Waals surface area (Å²) in [5, 5.41) is 3.98. The third-order valence-corrected chi connectivity index (χ3v) is 2.70. The smallest absolute Gasteiger partial charge is 0.224 e. The Labute approximate surface area is 110 Å². The number of halogens is 2. The maximum atomic E-state index is 6.12. The molecule has 5 heteroatoms. The highest BCUT2D eigenvalue weighted by Crippen LogP contribution is 2.26. The molecule has 3 nitrogen and oxygen atoms in total. The second-order valence-corrected chi connectivity index (χ2v) is 4.52. The van der Waals surface area contributed by atoms with Crippen molar-refractivity contribution in [3.8, 4) is 0 Å². The molecule has 0 aliphatic carbocycles. The predicted molar refractivity (Wildman–Crippen MR) is 71.3 cm³/mol. The molecule has 0 unspecified atom stereocenters. The van der Waals surface area contributed by atoms with Crippen molar-refractivity contribution in [1.29, 1.82) is 0 Å². The van der Waals surface area contributed by atoms with Gasteiger partial charge < -0.3 is 5.32 Å². The quantitative estimate of drug-likeness (QED) is 0.831. The molecule has 0 spiro atoms. The Morgan fingerprint density at radius 3 is 2.47 bits per heavy atom. The van der Waals surface area contributed by atoms with Gasteiger partial charge in [-0.15, -0.1) is 0 Å². The molecule has 0 fully saturated rings. The number of hydrogen-bond acceptors (Lipinski definition) is 3. The van der Waals surface area contributed by atoms with Gasteiger partial charge in [0.2, 0.25) is 5.28 Å². The average Bonchev–Trinajstić information content (AvgIpc) is 2.21. The molecular formula is C12H11Cl2N3. The van der Waals surface area contributed by atoms with E-state index in [0.717, 1.165) is 16.9 Å². The summed E-state index contributed by atoms with van der Waals surface area (Å²) in [5.74, 6) is 0.633. The molecule has 0 saturated heterocycles. The predicted octanol–water partition coefficient (Wildman–Crippen LogP) is 4.14. The van der Waals surface area contributed by atoms with Crippen molar-refractivity contribution in [2.45, 2.75) is 13.8 Å². The van der Waals surface area contributed by atoms with E-state index in [4.69, 9.17) is 23.2 Å². The number of anilines is 2. The van der Waals surface area contributed by atoms with Gasteiger partial charge in [0.25, 0.3) is 0 Å². The SMILES string of the molecule is Cc1ccc(Nc2cc(C)nc(Cl)n2)c(Cl)c1. The minimum Gasteiger partial charge on any atom is -0.339 e. The molecule has 0 aliphatic rings. The van der Waals surface area contributed by atoms with Crippen molar-refractivity contribution in [3.05, 3.63) is 45.8 Å². The van der Waals surface area contributed by atoms with Crippen LogP contribution in [0.3, 0.4) is 0 Å². The molecule has 1 aromatic carbocycles. The highest BCUT2D eigenvalue weighted by atomic mass is 35.5. The van der Waals surface area contributed by atoms with E-state index in [2.05, 4.69) is 15.3 Å². The number of rotatable bonds is 2. The van der Waals surface area contributed by atoms with Crippen molar-refractivity contribution < 1.29 is 0 Å². The molecule has 2 rings (SSSR count). The molecule has 1 aromatic heterocycles. The fraction of sp³-hybridized carbons (Fsp3) is 0.167. The van der Waals surface area contributed by atoms with Crippen molar-refractivity contribution in [2.75, 3.05) is 5.32 Å². The summed E-state index contributed by atoms with van der Waals surface area (Å²) in [6.45, 7) is 3.84. The van der Waals surface area contributed by atoms with Crippen molar-refractivity contribution in [2.24, 2.45) is 0 Å². The maximum absolute atomic E-state index is 6.12. The van der Waals surface area contributed by atoms with Crippen LogP contribution in [0.5, 0.6) is 0 Å². The zero-order chi connectivity index (χ0) is 12.4. The van der Waals surface area contributed by atoms with Crippen molar-refractivity contribution >= 4 is 34.7 Å². The molecule has 0 bridgehead atoms. The molecule has 2 aromatic rings. The zero-order valence-electron chi connectivity index (χ0n) is 9.46. The fourth-order valence-electron chi connectivity index (χ4n) is 1.46. The van der Waals surface area contributed by atoms with Crippen LogP contribution in [-0.2, 0) is 0 Å². The minimum atomic E-state index is 0.218. The lowest BCUT2D eigenvalue weighted by Crippen LogP contribution is -1.97. The second-order valence-electron chi connectivity index (χ2n) is 3.77. The number of hydrogen-bond donors (Lipinski definition) is 1. The first-order chi connectivity index (χ1) is 8.04. The fourth-order valence-corrected chi connectivity index (χ4v) is 1.96. The van der Waals surface area contributed by atoms with E-state index in [1.54, 1.807) is 0 Å². The molecule has 17 heavy (non-hydrogen) atoms. The molecule has 88 valence electrons. The molecule has 0 saturated carbocycles. The summed E-state index contributed by atoms with van der Waals surface area (Å²) >= 11 is 11.9. The molecule has 0 atom stereocenters. The summed E-state index contributed by atoms with van der Waals surface area (Å²) in [6.07, 6.45) is 0. The number of aryl methyl sites for hydroxylation is 2. The van der Waals surface area contributed by atoms with Crippen LogP contribution in [0.4, 0.5) is 11.5 Å². The average molecular weight is 268 g/mol. The van der Waals surface area contributed by atoms with Crippen LogP contribution in [-0.4, -0.2) is 9.97 Å². The first kappa shape index (κ1) is 12.1. The lowest BCUT2D eigenvalue weighted by molar-refractivity contribution is 1.10. The second kappa shape index (κ2) is 4.90. The van der Waals surface area contributed by atoms with Crippen LogP contribution in [0.25, 0.3) is 0 Å². The van der Waals surface area contributed by atoms with E-state index in [9.17, 15) is 0 Å². The Morgan fingerprint density at radius 2 is 1.82 bits per heavy atom. The molecule has 1 heterocycles. The zero-order valence-corrected chi connectivity index (χ0v) is 11.0. The lowest BCUT2D eigenvalue weighted by atomic mass is 10.2. The first-order valence-electron chi connectivity index (χ1n) is 5.09. The van der Waals surface area contributed by atoms with Gasteiger partial charge in [-0.1, -0.05) is 17.7 Å². The van der Waals surface area contributed by atoms with Gasteiger partial charge in [0.05, 0.1) is 10.7 Å². The topological polar surface area (TPSA) is 37.8 Å². The van der Waals surface area contributed by atoms with Gasteiger partial charge in [0.15, 0.2) is 0 Å². The molecule has 0 amide bonds. The number of nitrogens with zero attached hydrogens (tertiary/aromatic N) is 2. The van der Waals surface area contributed by atoms with Gasteiger partial charge >= 0.3 is 0 Å². The number of benzene rings is 1. The summed E-state index contributed by atoms with van der Waals surface area (Å²) in [4.78, 5) is 8.07. The Bertz CT molecular complexity index is 535. The van der Waals surface area contributed by atoms with E-state index >= 15 is 0 Å². The Kier molecular flexibility index (Phi) is 3.50. The summed E-state index contributed by atoms with van der Waals surface area (Å²) in [5.41, 5.74) is 2.71. The van der Waals surface area contributed by atoms with E-state index in [-0.39, 0.29) is 5.28 Å². The van der Waals surface area contributed by atoms with Gasteiger partial charge in [-0.05, 0) is 43.1 Å². The molecule has 0 radical (unpaired) electrons. The third kappa shape index (κ3) is 3.08. The first-order valence-corrected chi connectivity index (χ1v) is 5.84. The van der Waals surface area contributed by atoms with Gasteiger partial charge in [-0.25, -0.2) is 9.97 Å². The standard InChI is InChI=1S/C12H11Cl2N3/c1-7-3-4-10(9(13)5-7)16-11-6-8(2)15-12(14)17-11/h3-6H,1-2H3,(H,15,16,17). The number of nitrogens with one attached hydrogen (secondary N) is 1. The monoisotopic (exact) mass is 267 g/mol. The van der Waals surface area contributed by atoms with Crippen molar-refractivity contribution in [3.63, 3.8) is 0 Å².